The summed E-state index contributed by atoms with van der Waals surface area (Å²) in [5.41, 5.74) is 15.1. The summed E-state index contributed by atoms with van der Waals surface area (Å²) < 4.78 is 0. The standard InChI is InChI=1S/C13H21N3/c1-9-3-4-11(6-12(9)15)13-5-10(7-14)8-16(13)2/h3-4,6,10,13H,5,7-8,14-15H2,1-2H3. The molecule has 0 saturated carbocycles. The van der Waals surface area contributed by atoms with E-state index in [1.54, 1.807) is 0 Å². The molecule has 3 heteroatoms. The lowest BCUT2D eigenvalue weighted by molar-refractivity contribution is 0.314. The summed E-state index contributed by atoms with van der Waals surface area (Å²) in [7, 11) is 2.16. The van der Waals surface area contributed by atoms with Crippen LogP contribution in [0.25, 0.3) is 0 Å². The summed E-state index contributed by atoms with van der Waals surface area (Å²) in [4.78, 5) is 2.38. The molecular weight excluding hydrogens is 198 g/mol. The van der Waals surface area contributed by atoms with Gasteiger partial charge >= 0.3 is 0 Å². The van der Waals surface area contributed by atoms with E-state index in [0.717, 1.165) is 30.8 Å². The first-order chi connectivity index (χ1) is 7.61. The fourth-order valence-electron chi connectivity index (χ4n) is 2.53. The molecule has 2 rings (SSSR count). The van der Waals surface area contributed by atoms with E-state index in [4.69, 9.17) is 11.5 Å². The van der Waals surface area contributed by atoms with E-state index in [9.17, 15) is 0 Å². The normalized spacial score (nSPS) is 26.2. The van der Waals surface area contributed by atoms with E-state index < -0.39 is 0 Å². The van der Waals surface area contributed by atoms with Gasteiger partial charge in [0.1, 0.15) is 0 Å². The first-order valence-electron chi connectivity index (χ1n) is 5.88. The Morgan fingerprint density at radius 3 is 2.75 bits per heavy atom. The molecule has 1 aromatic rings. The van der Waals surface area contributed by atoms with Gasteiger partial charge in [-0.2, -0.15) is 0 Å². The van der Waals surface area contributed by atoms with Gasteiger partial charge in [-0.05, 0) is 50.0 Å². The van der Waals surface area contributed by atoms with Crippen LogP contribution in [0.3, 0.4) is 0 Å². The van der Waals surface area contributed by atoms with Gasteiger partial charge in [0, 0.05) is 18.3 Å². The zero-order valence-electron chi connectivity index (χ0n) is 10.1. The van der Waals surface area contributed by atoms with Crippen molar-refractivity contribution in [3.63, 3.8) is 0 Å². The summed E-state index contributed by atoms with van der Waals surface area (Å²) in [6.45, 7) is 3.91. The van der Waals surface area contributed by atoms with Gasteiger partial charge in [0.05, 0.1) is 0 Å². The van der Waals surface area contributed by atoms with Gasteiger partial charge in [-0.3, -0.25) is 4.90 Å². The van der Waals surface area contributed by atoms with Crippen molar-refractivity contribution >= 4 is 5.69 Å². The fourth-order valence-corrected chi connectivity index (χ4v) is 2.53. The molecular formula is C13H21N3. The Kier molecular flexibility index (Phi) is 3.17. The highest BCUT2D eigenvalue weighted by Gasteiger charge is 2.29. The van der Waals surface area contributed by atoms with Crippen LogP contribution >= 0.6 is 0 Å². The second kappa shape index (κ2) is 4.44. The number of anilines is 1. The number of benzene rings is 1. The molecule has 1 saturated heterocycles. The first-order valence-corrected chi connectivity index (χ1v) is 5.88. The lowest BCUT2D eigenvalue weighted by Gasteiger charge is -2.20. The van der Waals surface area contributed by atoms with Crippen LogP contribution in [0.4, 0.5) is 5.69 Å². The van der Waals surface area contributed by atoms with E-state index in [1.807, 2.05) is 6.92 Å². The summed E-state index contributed by atoms with van der Waals surface area (Å²) in [5.74, 6) is 0.623. The number of nitrogen functional groups attached to an aromatic ring is 1. The van der Waals surface area contributed by atoms with Gasteiger partial charge in [0.15, 0.2) is 0 Å². The largest absolute Gasteiger partial charge is 0.399 e. The quantitative estimate of drug-likeness (QED) is 0.742. The second-order valence-electron chi connectivity index (χ2n) is 4.91. The van der Waals surface area contributed by atoms with Crippen molar-refractivity contribution in [2.75, 3.05) is 25.9 Å². The van der Waals surface area contributed by atoms with Gasteiger partial charge in [-0.25, -0.2) is 0 Å². The molecule has 0 aliphatic carbocycles. The van der Waals surface area contributed by atoms with Crippen molar-refractivity contribution < 1.29 is 0 Å². The third-order valence-electron chi connectivity index (χ3n) is 3.66. The fraction of sp³-hybridized carbons (Fsp3) is 0.538. The van der Waals surface area contributed by atoms with Crippen LogP contribution in [0.15, 0.2) is 18.2 Å². The summed E-state index contributed by atoms with van der Waals surface area (Å²) in [5, 5.41) is 0. The maximum Gasteiger partial charge on any atom is 0.0349 e. The predicted molar refractivity (Wildman–Crippen MR) is 68.1 cm³/mol. The molecule has 0 spiro atoms. The molecule has 88 valence electrons. The Bertz CT molecular complexity index is 375. The molecule has 1 aliphatic rings. The number of rotatable bonds is 2. The molecule has 0 aromatic heterocycles. The van der Waals surface area contributed by atoms with Crippen molar-refractivity contribution in [1.82, 2.24) is 4.90 Å². The molecule has 16 heavy (non-hydrogen) atoms. The van der Waals surface area contributed by atoms with Crippen molar-refractivity contribution in [1.29, 1.82) is 0 Å². The lowest BCUT2D eigenvalue weighted by Crippen LogP contribution is -2.20. The minimum Gasteiger partial charge on any atom is -0.399 e. The van der Waals surface area contributed by atoms with E-state index in [0.29, 0.717) is 12.0 Å². The third-order valence-corrected chi connectivity index (χ3v) is 3.66. The lowest BCUT2D eigenvalue weighted by atomic mass is 9.98. The zero-order chi connectivity index (χ0) is 11.7. The maximum absolute atomic E-state index is 5.96. The van der Waals surface area contributed by atoms with Crippen LogP contribution in [-0.2, 0) is 0 Å². The van der Waals surface area contributed by atoms with Crippen molar-refractivity contribution in [3.05, 3.63) is 29.3 Å². The molecule has 3 nitrogen and oxygen atoms in total. The minimum atomic E-state index is 0.483. The Hall–Kier alpha value is -1.06. The molecule has 1 aromatic carbocycles. The number of likely N-dealkylation sites (tertiary alicyclic amines) is 1. The molecule has 2 unspecified atom stereocenters. The number of hydrogen-bond acceptors (Lipinski definition) is 3. The minimum absolute atomic E-state index is 0.483. The van der Waals surface area contributed by atoms with Gasteiger partial charge < -0.3 is 11.5 Å². The third kappa shape index (κ3) is 2.06. The first kappa shape index (κ1) is 11.4. The zero-order valence-corrected chi connectivity index (χ0v) is 10.1. The van der Waals surface area contributed by atoms with Crippen LogP contribution in [0.5, 0.6) is 0 Å². The summed E-state index contributed by atoms with van der Waals surface area (Å²) in [6, 6.07) is 6.88. The average molecular weight is 219 g/mol. The van der Waals surface area contributed by atoms with Crippen LogP contribution in [0.2, 0.25) is 0 Å². The molecule has 4 N–H and O–H groups in total. The Labute approximate surface area is 97.4 Å². The van der Waals surface area contributed by atoms with Gasteiger partial charge in [0.2, 0.25) is 0 Å². The molecule has 2 atom stereocenters. The Morgan fingerprint density at radius 1 is 1.44 bits per heavy atom. The Morgan fingerprint density at radius 2 is 2.19 bits per heavy atom. The van der Waals surface area contributed by atoms with Gasteiger partial charge in [0.25, 0.3) is 0 Å². The molecule has 0 bridgehead atoms. The molecule has 1 aliphatic heterocycles. The number of nitrogens with two attached hydrogens (primary N) is 2. The van der Waals surface area contributed by atoms with E-state index in [2.05, 4.69) is 30.1 Å². The highest BCUT2D eigenvalue weighted by Crippen LogP contribution is 2.34. The second-order valence-corrected chi connectivity index (χ2v) is 4.91. The average Bonchev–Trinajstić information content (AvgIpc) is 2.64. The van der Waals surface area contributed by atoms with E-state index in [1.165, 1.54) is 5.56 Å². The van der Waals surface area contributed by atoms with Crippen LogP contribution in [-0.4, -0.2) is 25.0 Å². The monoisotopic (exact) mass is 219 g/mol. The number of nitrogens with zero attached hydrogens (tertiary/aromatic N) is 1. The summed E-state index contributed by atoms with van der Waals surface area (Å²) in [6.07, 6.45) is 1.15. The van der Waals surface area contributed by atoms with E-state index >= 15 is 0 Å². The van der Waals surface area contributed by atoms with Crippen molar-refractivity contribution in [3.8, 4) is 0 Å². The Balaban J connectivity index is 2.21. The van der Waals surface area contributed by atoms with Crippen LogP contribution in [0.1, 0.15) is 23.6 Å². The van der Waals surface area contributed by atoms with E-state index in [-0.39, 0.29) is 0 Å². The maximum atomic E-state index is 5.96. The SMILES string of the molecule is Cc1ccc(C2CC(CN)CN2C)cc1N. The number of hydrogen-bond donors (Lipinski definition) is 2. The van der Waals surface area contributed by atoms with Crippen molar-refractivity contribution in [2.45, 2.75) is 19.4 Å². The molecule has 1 heterocycles. The van der Waals surface area contributed by atoms with Crippen LogP contribution in [0, 0.1) is 12.8 Å². The smallest absolute Gasteiger partial charge is 0.0349 e. The molecule has 0 amide bonds. The van der Waals surface area contributed by atoms with Crippen molar-refractivity contribution in [2.24, 2.45) is 11.7 Å². The molecule has 1 fully saturated rings. The highest BCUT2D eigenvalue weighted by molar-refractivity contribution is 5.49. The topological polar surface area (TPSA) is 55.3 Å². The van der Waals surface area contributed by atoms with Gasteiger partial charge in [-0.15, -0.1) is 0 Å². The summed E-state index contributed by atoms with van der Waals surface area (Å²) >= 11 is 0. The predicted octanol–water partition coefficient (Wildman–Crippen LogP) is 1.53. The number of aryl methyl sites for hydroxylation is 1. The van der Waals surface area contributed by atoms with Gasteiger partial charge in [-0.1, -0.05) is 12.1 Å². The van der Waals surface area contributed by atoms with Crippen LogP contribution < -0.4 is 11.5 Å². The highest BCUT2D eigenvalue weighted by atomic mass is 15.2. The molecule has 0 radical (unpaired) electrons.